The van der Waals surface area contributed by atoms with Crippen molar-refractivity contribution in [2.75, 3.05) is 42.7 Å². The Kier molecular flexibility index (Phi) is 12.3. The topological polar surface area (TPSA) is 195 Å². The summed E-state index contributed by atoms with van der Waals surface area (Å²) in [5, 5.41) is 34.7. The Morgan fingerprint density at radius 2 is 1.81 bits per heavy atom. The third-order valence-corrected chi connectivity index (χ3v) is 15.0. The van der Waals surface area contributed by atoms with Gasteiger partial charge >= 0.3 is 0 Å². The van der Waals surface area contributed by atoms with E-state index in [1.807, 2.05) is 56.3 Å². The van der Waals surface area contributed by atoms with Crippen molar-refractivity contribution in [3.05, 3.63) is 87.5 Å². The Labute approximate surface area is 345 Å². The quantitative estimate of drug-likeness (QED) is 0.0720. The molecule has 4 aliphatic rings. The number of hydrogen-bond acceptors (Lipinski definition) is 11. The molecule has 16 heteroatoms. The van der Waals surface area contributed by atoms with Crippen LogP contribution in [0.2, 0.25) is 18.6 Å². The Balaban J connectivity index is 1.20. The minimum absolute atomic E-state index is 0.0800. The molecule has 0 bridgehead atoms. The van der Waals surface area contributed by atoms with Gasteiger partial charge in [0, 0.05) is 48.0 Å². The zero-order valence-corrected chi connectivity index (χ0v) is 35.1. The van der Waals surface area contributed by atoms with Gasteiger partial charge in [0.05, 0.1) is 60.7 Å². The number of amides is 3. The highest BCUT2D eigenvalue weighted by atomic mass is 28.4. The van der Waals surface area contributed by atoms with Crippen molar-refractivity contribution in [3.63, 3.8) is 0 Å². The number of benzene rings is 3. The summed E-state index contributed by atoms with van der Waals surface area (Å²) in [5.74, 6) is -0.706. The summed E-state index contributed by atoms with van der Waals surface area (Å²) in [6, 6.07) is 16.5. The van der Waals surface area contributed by atoms with Gasteiger partial charge in [0.2, 0.25) is 11.8 Å². The van der Waals surface area contributed by atoms with Crippen molar-refractivity contribution in [2.45, 2.75) is 101 Å². The van der Waals surface area contributed by atoms with Gasteiger partial charge in [0.1, 0.15) is 5.75 Å². The lowest BCUT2D eigenvalue weighted by Crippen LogP contribution is -2.49. The van der Waals surface area contributed by atoms with Crippen LogP contribution in [-0.2, 0) is 37.7 Å². The lowest BCUT2D eigenvalue weighted by Gasteiger charge is -2.35. The molecule has 4 N–H and O–H groups in total. The van der Waals surface area contributed by atoms with Crippen LogP contribution in [0.15, 0.2) is 60.7 Å². The van der Waals surface area contributed by atoms with E-state index in [-0.39, 0.29) is 49.7 Å². The second kappa shape index (κ2) is 17.1. The zero-order chi connectivity index (χ0) is 42.2. The number of hydrogen-bond donors (Lipinski definition) is 4. The molecule has 4 heterocycles. The molecule has 0 aliphatic carbocycles. The number of ether oxygens (including phenoxy) is 2. The molecule has 316 valence electrons. The average molecular weight is 830 g/mol. The van der Waals surface area contributed by atoms with Crippen LogP contribution in [0.4, 0.5) is 22.7 Å². The van der Waals surface area contributed by atoms with E-state index in [2.05, 4.69) is 5.32 Å². The van der Waals surface area contributed by atoms with Crippen LogP contribution in [0.3, 0.4) is 0 Å². The molecular formula is C43H55N5O10Si. The maximum absolute atomic E-state index is 15.0. The third-order valence-electron chi connectivity index (χ3n) is 12.5. The second-order valence-electron chi connectivity index (χ2n) is 16.7. The van der Waals surface area contributed by atoms with Crippen LogP contribution >= 0.6 is 0 Å². The van der Waals surface area contributed by atoms with Crippen LogP contribution in [0, 0.1) is 16.0 Å². The van der Waals surface area contributed by atoms with Crippen LogP contribution in [0.5, 0.6) is 5.75 Å². The van der Waals surface area contributed by atoms with Gasteiger partial charge in [-0.25, -0.2) is 0 Å². The first-order valence-corrected chi connectivity index (χ1v) is 23.7. The molecule has 2 fully saturated rings. The van der Waals surface area contributed by atoms with Gasteiger partial charge in [0.15, 0.2) is 13.9 Å². The van der Waals surface area contributed by atoms with Crippen LogP contribution in [0.1, 0.15) is 62.6 Å². The number of rotatable bonds is 15. The van der Waals surface area contributed by atoms with Gasteiger partial charge in [-0.05, 0) is 106 Å². The van der Waals surface area contributed by atoms with E-state index < -0.39 is 48.4 Å². The lowest BCUT2D eigenvalue weighted by molar-refractivity contribution is -0.385. The molecule has 3 aromatic rings. The number of nitrogens with zero attached hydrogens (tertiary/aromatic N) is 4. The summed E-state index contributed by atoms with van der Waals surface area (Å²) < 4.78 is 12.6. The van der Waals surface area contributed by atoms with Gasteiger partial charge in [-0.1, -0.05) is 19.1 Å². The summed E-state index contributed by atoms with van der Waals surface area (Å²) in [5.41, 5.74) is 1.35. The largest absolute Gasteiger partial charge is 0.494 e. The number of non-ortho nitro benzene ring substituents is 1. The highest BCUT2D eigenvalue weighted by molar-refractivity contribution is 6.71. The average Bonchev–Trinajstić information content (AvgIpc) is 3.87. The molecule has 1 spiro atoms. The fourth-order valence-electron chi connectivity index (χ4n) is 9.83. The zero-order valence-electron chi connectivity index (χ0n) is 34.1. The summed E-state index contributed by atoms with van der Waals surface area (Å²) in [6.07, 6.45) is 2.33. The van der Waals surface area contributed by atoms with Crippen molar-refractivity contribution in [3.8, 4) is 5.75 Å². The molecule has 0 saturated carbocycles. The molecule has 3 aromatic carbocycles. The molecule has 2 saturated heterocycles. The van der Waals surface area contributed by atoms with E-state index in [1.54, 1.807) is 33.9 Å². The lowest BCUT2D eigenvalue weighted by atomic mass is 9.82. The minimum Gasteiger partial charge on any atom is -0.494 e. The molecule has 4 aliphatic heterocycles. The highest BCUT2D eigenvalue weighted by Gasteiger charge is 2.67. The monoisotopic (exact) mass is 829 g/mol. The summed E-state index contributed by atoms with van der Waals surface area (Å²) in [4.78, 5) is 71.0. The number of nitro groups is 1. The van der Waals surface area contributed by atoms with Crippen LogP contribution in [0.25, 0.3) is 0 Å². The molecular weight excluding hydrogens is 775 g/mol. The van der Waals surface area contributed by atoms with E-state index in [1.165, 1.54) is 12.1 Å². The van der Waals surface area contributed by atoms with Crippen molar-refractivity contribution >= 4 is 48.8 Å². The Morgan fingerprint density at radius 1 is 1.07 bits per heavy atom. The van der Waals surface area contributed by atoms with Gasteiger partial charge in [-0.15, -0.1) is 0 Å². The summed E-state index contributed by atoms with van der Waals surface area (Å²) >= 11 is 0. The molecule has 7 rings (SSSR count). The van der Waals surface area contributed by atoms with Crippen LogP contribution in [-0.4, -0.2) is 102 Å². The fraction of sp³-hybridized carbons (Fsp3) is 0.512. The minimum atomic E-state index is -3.14. The van der Waals surface area contributed by atoms with Gasteiger partial charge in [0.25, 0.3) is 11.6 Å². The SMILES string of the molecule is CCOc1ccc2c(c1)CC(NCCCCO)C(=O)N2c1ccc(CN2C(=O)[C@@]3(O[C@@H](CC(=O)N4CCC[C@H]4CO)[C@H]([Si](C)(C)O)[C@H]3C)c3cc([N+](=O)[O-])ccc32)cc1. The van der Waals surface area contributed by atoms with Crippen molar-refractivity contribution in [2.24, 2.45) is 5.92 Å². The number of carbonyl (C=O) groups is 3. The molecule has 3 amide bonds. The van der Waals surface area contributed by atoms with Crippen molar-refractivity contribution in [1.29, 1.82) is 0 Å². The second-order valence-corrected chi connectivity index (χ2v) is 20.7. The molecule has 0 aromatic heterocycles. The molecule has 6 atom stereocenters. The maximum Gasteiger partial charge on any atom is 0.269 e. The Morgan fingerprint density at radius 3 is 2.49 bits per heavy atom. The number of unbranched alkanes of at least 4 members (excludes halogenated alkanes) is 1. The predicted molar refractivity (Wildman–Crippen MR) is 223 cm³/mol. The number of carbonyl (C=O) groups excluding carboxylic acids is 3. The third kappa shape index (κ3) is 7.89. The first kappa shape index (κ1) is 42.4. The number of nitro benzene ring substituents is 1. The van der Waals surface area contributed by atoms with Crippen LogP contribution < -0.4 is 19.9 Å². The van der Waals surface area contributed by atoms with Crippen molar-refractivity contribution in [1.82, 2.24) is 10.2 Å². The van der Waals surface area contributed by atoms with Crippen molar-refractivity contribution < 1.29 is 43.8 Å². The normalized spacial score (nSPS) is 25.2. The predicted octanol–water partition coefficient (Wildman–Crippen LogP) is 4.66. The van der Waals surface area contributed by atoms with Gasteiger partial charge in [-0.2, -0.15) is 0 Å². The van der Waals surface area contributed by atoms with Gasteiger partial charge < -0.3 is 39.6 Å². The van der Waals surface area contributed by atoms with E-state index >= 15 is 4.79 Å². The first-order valence-electron chi connectivity index (χ1n) is 20.7. The number of anilines is 3. The first-order chi connectivity index (χ1) is 28.2. The summed E-state index contributed by atoms with van der Waals surface area (Å²) in [6.45, 7) is 8.83. The molecule has 1 unspecified atom stereocenters. The number of likely N-dealkylation sites (tertiary alicyclic amines) is 1. The number of fused-ring (bicyclic) bond motifs is 3. The van der Waals surface area contributed by atoms with E-state index in [0.29, 0.717) is 61.6 Å². The van der Waals surface area contributed by atoms with E-state index in [9.17, 15) is 34.7 Å². The van der Waals surface area contributed by atoms with Gasteiger partial charge in [-0.3, -0.25) is 29.4 Å². The number of aliphatic hydroxyl groups is 2. The highest BCUT2D eigenvalue weighted by Crippen LogP contribution is 2.60. The maximum atomic E-state index is 15.0. The fourth-order valence-corrected chi connectivity index (χ4v) is 12.4. The van der Waals surface area contributed by atoms with E-state index in [4.69, 9.17) is 9.47 Å². The van der Waals surface area contributed by atoms with E-state index in [0.717, 1.165) is 29.7 Å². The summed E-state index contributed by atoms with van der Waals surface area (Å²) in [7, 11) is -3.14. The molecule has 59 heavy (non-hydrogen) atoms. The Bertz CT molecular complexity index is 2080. The number of nitrogens with one attached hydrogen (secondary N) is 1. The number of aliphatic hydroxyl groups excluding tert-OH is 2. The molecule has 15 nitrogen and oxygen atoms in total. The standard InChI is InChI=1S/C43H55N5O10Si/c1-5-57-33-15-17-36-29(21-33)22-35(44-18-6-7-20-49)41(52)47(36)30-12-10-28(11-13-30)25-46-37-16-14-31(48(54)55)23-34(37)43(42(46)53)27(2)40(59(3,4)56)38(58-43)24-39(51)45-19-8-9-32(45)26-50/h10-17,21,23,27,32,35,38,40,44,49-50,56H,5-9,18-20,22,24-26H2,1-4H3/t27-,32+,35?,38+,40-,43+/m1/s1. The smallest absolute Gasteiger partial charge is 0.269 e. The molecule has 0 radical (unpaired) electrons. The Hall–Kier alpha value is -4.71.